The Kier molecular flexibility index (Phi) is 7.76. The lowest BCUT2D eigenvalue weighted by atomic mass is 10.0. The molecule has 0 heterocycles. The molecule has 2 rings (SSSR count). The van der Waals surface area contributed by atoms with E-state index in [9.17, 15) is 17.6 Å². The average molecular weight is 403 g/mol. The minimum Gasteiger partial charge on any atom is -0.353 e. The fourth-order valence-electron chi connectivity index (χ4n) is 3.20. The summed E-state index contributed by atoms with van der Waals surface area (Å²) in [6, 6.07) is 4.30. The molecule has 0 unspecified atom stereocenters. The number of rotatable bonds is 8. The molecule has 0 aromatic heterocycles. The van der Waals surface area contributed by atoms with Crippen molar-refractivity contribution in [2.45, 2.75) is 50.3 Å². The standard InChI is InChI=1S/C18H27FN2O3S2/c1-14(18(22)20-11-12-25-17-9-4-3-5-10-17)21(26(2,23)24)16-8-6-7-15(19)13-16/h6-8,13-14,17H,3-5,9-12H2,1-2H3,(H,20,22)/t14-/m1/s1. The van der Waals surface area contributed by atoms with Crippen molar-refractivity contribution in [1.82, 2.24) is 5.32 Å². The summed E-state index contributed by atoms with van der Waals surface area (Å²) in [6.45, 7) is 2.00. The van der Waals surface area contributed by atoms with Gasteiger partial charge in [-0.1, -0.05) is 25.3 Å². The molecule has 1 fully saturated rings. The maximum Gasteiger partial charge on any atom is 0.243 e. The van der Waals surface area contributed by atoms with Gasteiger partial charge in [0.1, 0.15) is 11.9 Å². The van der Waals surface area contributed by atoms with Gasteiger partial charge >= 0.3 is 0 Å². The molecule has 0 saturated heterocycles. The quantitative estimate of drug-likeness (QED) is 0.679. The van der Waals surface area contributed by atoms with Crippen LogP contribution in [0.1, 0.15) is 39.0 Å². The summed E-state index contributed by atoms with van der Waals surface area (Å²) in [4.78, 5) is 12.4. The van der Waals surface area contributed by atoms with Crippen LogP contribution in [0.25, 0.3) is 0 Å². The van der Waals surface area contributed by atoms with Crippen molar-refractivity contribution in [1.29, 1.82) is 0 Å². The second-order valence-electron chi connectivity index (χ2n) is 6.64. The average Bonchev–Trinajstić information content (AvgIpc) is 2.58. The van der Waals surface area contributed by atoms with E-state index in [1.807, 2.05) is 11.8 Å². The molecule has 1 amide bonds. The predicted octanol–water partition coefficient (Wildman–Crippen LogP) is 3.16. The topological polar surface area (TPSA) is 66.5 Å². The minimum atomic E-state index is -3.73. The Balaban J connectivity index is 1.92. The van der Waals surface area contributed by atoms with Crippen molar-refractivity contribution in [2.24, 2.45) is 0 Å². The van der Waals surface area contributed by atoms with Crippen LogP contribution >= 0.6 is 11.8 Å². The number of thioether (sulfide) groups is 1. The highest BCUT2D eigenvalue weighted by Gasteiger charge is 2.29. The van der Waals surface area contributed by atoms with Gasteiger partial charge in [-0.15, -0.1) is 0 Å². The molecule has 5 nitrogen and oxygen atoms in total. The fourth-order valence-corrected chi connectivity index (χ4v) is 5.59. The molecule has 26 heavy (non-hydrogen) atoms. The van der Waals surface area contributed by atoms with E-state index in [0.717, 1.165) is 22.4 Å². The third-order valence-electron chi connectivity index (χ3n) is 4.46. The zero-order chi connectivity index (χ0) is 19.2. The van der Waals surface area contributed by atoms with Gasteiger partial charge in [0.25, 0.3) is 0 Å². The molecule has 1 aliphatic carbocycles. The Morgan fingerprint density at radius 1 is 1.35 bits per heavy atom. The van der Waals surface area contributed by atoms with E-state index in [2.05, 4.69) is 5.32 Å². The van der Waals surface area contributed by atoms with Crippen LogP contribution < -0.4 is 9.62 Å². The SMILES string of the molecule is C[C@H](C(=O)NCCSC1CCCCC1)N(c1cccc(F)c1)S(C)(=O)=O. The highest BCUT2D eigenvalue weighted by Crippen LogP contribution is 2.27. The lowest BCUT2D eigenvalue weighted by molar-refractivity contribution is -0.121. The second-order valence-corrected chi connectivity index (χ2v) is 9.90. The highest BCUT2D eigenvalue weighted by molar-refractivity contribution is 7.99. The van der Waals surface area contributed by atoms with E-state index in [1.165, 1.54) is 57.2 Å². The Morgan fingerprint density at radius 2 is 2.04 bits per heavy atom. The number of sulfonamides is 1. The van der Waals surface area contributed by atoms with Gasteiger partial charge in [0.05, 0.1) is 11.9 Å². The molecule has 1 aliphatic rings. The lowest BCUT2D eigenvalue weighted by Crippen LogP contribution is -2.48. The molecule has 0 bridgehead atoms. The molecular weight excluding hydrogens is 375 g/mol. The van der Waals surface area contributed by atoms with Crippen LogP contribution in [0.5, 0.6) is 0 Å². The number of anilines is 1. The number of benzene rings is 1. The van der Waals surface area contributed by atoms with Crippen LogP contribution in [0.2, 0.25) is 0 Å². The molecule has 0 radical (unpaired) electrons. The van der Waals surface area contributed by atoms with Crippen molar-refractivity contribution in [3.63, 3.8) is 0 Å². The number of nitrogens with one attached hydrogen (secondary N) is 1. The maximum atomic E-state index is 13.5. The molecule has 1 N–H and O–H groups in total. The Bertz CT molecular complexity index is 706. The number of halogens is 1. The largest absolute Gasteiger partial charge is 0.353 e. The number of hydrogen-bond acceptors (Lipinski definition) is 4. The van der Waals surface area contributed by atoms with Gasteiger partial charge in [-0.3, -0.25) is 9.10 Å². The second kappa shape index (κ2) is 9.60. The van der Waals surface area contributed by atoms with Crippen molar-refractivity contribution in [3.05, 3.63) is 30.1 Å². The van der Waals surface area contributed by atoms with Crippen LogP contribution in [0, 0.1) is 5.82 Å². The molecule has 0 spiro atoms. The summed E-state index contributed by atoms with van der Waals surface area (Å²) < 4.78 is 38.7. The van der Waals surface area contributed by atoms with Gasteiger partial charge in [0.2, 0.25) is 15.9 Å². The summed E-state index contributed by atoms with van der Waals surface area (Å²) in [5.74, 6) is -0.126. The van der Waals surface area contributed by atoms with E-state index in [1.54, 1.807) is 0 Å². The van der Waals surface area contributed by atoms with Crippen LogP contribution in [-0.2, 0) is 14.8 Å². The van der Waals surface area contributed by atoms with Crippen molar-refractivity contribution in [2.75, 3.05) is 22.9 Å². The Labute approximate surface area is 159 Å². The monoisotopic (exact) mass is 402 g/mol. The van der Waals surface area contributed by atoms with Crippen LogP contribution in [0.3, 0.4) is 0 Å². The van der Waals surface area contributed by atoms with Crippen molar-refractivity contribution < 1.29 is 17.6 Å². The normalized spacial score (nSPS) is 16.9. The molecule has 0 aliphatic heterocycles. The van der Waals surface area contributed by atoms with Gasteiger partial charge < -0.3 is 5.32 Å². The molecule has 1 aromatic carbocycles. The van der Waals surface area contributed by atoms with E-state index in [0.29, 0.717) is 11.8 Å². The fraction of sp³-hybridized carbons (Fsp3) is 0.611. The third kappa shape index (κ3) is 6.16. The first-order valence-electron chi connectivity index (χ1n) is 8.93. The Hall–Kier alpha value is -1.28. The zero-order valence-electron chi connectivity index (χ0n) is 15.3. The van der Waals surface area contributed by atoms with Gasteiger partial charge in [0, 0.05) is 17.5 Å². The van der Waals surface area contributed by atoms with E-state index < -0.39 is 21.9 Å². The molecule has 1 saturated carbocycles. The van der Waals surface area contributed by atoms with Crippen LogP contribution in [0.15, 0.2) is 24.3 Å². The summed E-state index contributed by atoms with van der Waals surface area (Å²) in [6.07, 6.45) is 7.34. The summed E-state index contributed by atoms with van der Waals surface area (Å²) in [7, 11) is -3.73. The first-order chi connectivity index (χ1) is 12.3. The van der Waals surface area contributed by atoms with Gasteiger partial charge in [-0.2, -0.15) is 11.8 Å². The van der Waals surface area contributed by atoms with Crippen LogP contribution in [-0.4, -0.2) is 44.2 Å². The van der Waals surface area contributed by atoms with E-state index in [-0.39, 0.29) is 11.6 Å². The van der Waals surface area contributed by atoms with Crippen molar-refractivity contribution >= 4 is 33.4 Å². The van der Waals surface area contributed by atoms with Gasteiger partial charge in [0.15, 0.2) is 0 Å². The Morgan fingerprint density at radius 3 is 2.65 bits per heavy atom. The van der Waals surface area contributed by atoms with Gasteiger partial charge in [-0.25, -0.2) is 12.8 Å². The molecular formula is C18H27FN2O3S2. The van der Waals surface area contributed by atoms with E-state index >= 15 is 0 Å². The van der Waals surface area contributed by atoms with Gasteiger partial charge in [-0.05, 0) is 38.0 Å². The summed E-state index contributed by atoms with van der Waals surface area (Å²) >= 11 is 1.87. The molecule has 8 heteroatoms. The lowest BCUT2D eigenvalue weighted by Gasteiger charge is -2.28. The number of carbonyl (C=O) groups excluding carboxylic acids is 1. The first-order valence-corrected chi connectivity index (χ1v) is 11.8. The third-order valence-corrected chi connectivity index (χ3v) is 7.08. The number of nitrogens with zero attached hydrogens (tertiary/aromatic N) is 1. The minimum absolute atomic E-state index is 0.145. The number of hydrogen-bond donors (Lipinski definition) is 1. The van der Waals surface area contributed by atoms with E-state index in [4.69, 9.17) is 0 Å². The number of carbonyl (C=O) groups is 1. The number of amides is 1. The molecule has 1 aromatic rings. The predicted molar refractivity (Wildman–Crippen MR) is 106 cm³/mol. The summed E-state index contributed by atoms with van der Waals surface area (Å²) in [5, 5.41) is 3.46. The van der Waals surface area contributed by atoms with Crippen molar-refractivity contribution in [3.8, 4) is 0 Å². The molecule has 1 atom stereocenters. The maximum absolute atomic E-state index is 13.5. The highest BCUT2D eigenvalue weighted by atomic mass is 32.2. The zero-order valence-corrected chi connectivity index (χ0v) is 16.9. The summed E-state index contributed by atoms with van der Waals surface area (Å²) in [5.41, 5.74) is 0.145. The first kappa shape index (κ1) is 21.0. The smallest absolute Gasteiger partial charge is 0.243 e. The molecule has 146 valence electrons. The van der Waals surface area contributed by atoms with Crippen LogP contribution in [0.4, 0.5) is 10.1 Å².